The van der Waals surface area contributed by atoms with Crippen LogP contribution in [0.25, 0.3) is 0 Å². The first-order valence-corrected chi connectivity index (χ1v) is 5.45. The number of rotatable bonds is 7. The Bertz CT molecular complexity index is 130. The Kier molecular flexibility index (Phi) is 4.74. The van der Waals surface area contributed by atoms with Crippen molar-refractivity contribution in [2.45, 2.75) is 26.7 Å². The summed E-state index contributed by atoms with van der Waals surface area (Å²) < 4.78 is 5.00. The minimum absolute atomic E-state index is 0.822. The van der Waals surface area contributed by atoms with Gasteiger partial charge in [0.2, 0.25) is 0 Å². The van der Waals surface area contributed by atoms with Crippen molar-refractivity contribution in [1.82, 2.24) is 5.32 Å². The van der Waals surface area contributed by atoms with Crippen LogP contribution in [0.1, 0.15) is 26.7 Å². The van der Waals surface area contributed by atoms with Gasteiger partial charge in [-0.25, -0.2) is 0 Å². The molecule has 13 heavy (non-hydrogen) atoms. The largest absolute Gasteiger partial charge is 0.383 e. The molecule has 0 bridgehead atoms. The molecule has 0 aliphatic heterocycles. The lowest BCUT2D eigenvalue weighted by atomic mass is 9.91. The van der Waals surface area contributed by atoms with E-state index in [0.29, 0.717) is 0 Å². The molecule has 0 saturated heterocycles. The van der Waals surface area contributed by atoms with E-state index in [1.165, 1.54) is 19.4 Å². The molecule has 1 aliphatic carbocycles. The van der Waals surface area contributed by atoms with Crippen LogP contribution >= 0.6 is 0 Å². The summed E-state index contributed by atoms with van der Waals surface area (Å²) in [5.41, 5.74) is 0. The molecule has 78 valence electrons. The van der Waals surface area contributed by atoms with Gasteiger partial charge in [0.25, 0.3) is 0 Å². The molecule has 2 nitrogen and oxygen atoms in total. The van der Waals surface area contributed by atoms with Crippen molar-refractivity contribution in [3.8, 4) is 0 Å². The summed E-state index contributed by atoms with van der Waals surface area (Å²) in [7, 11) is 1.75. The van der Waals surface area contributed by atoms with Crippen LogP contribution in [0.5, 0.6) is 0 Å². The van der Waals surface area contributed by atoms with Crippen molar-refractivity contribution in [2.24, 2.45) is 17.8 Å². The van der Waals surface area contributed by atoms with E-state index in [1.54, 1.807) is 7.11 Å². The molecule has 1 atom stereocenters. The topological polar surface area (TPSA) is 21.3 Å². The van der Waals surface area contributed by atoms with E-state index in [1.807, 2.05) is 0 Å². The molecule has 0 spiro atoms. The second kappa shape index (κ2) is 5.61. The molecule has 1 N–H and O–H groups in total. The Morgan fingerprint density at radius 1 is 1.38 bits per heavy atom. The first-order chi connectivity index (χ1) is 6.25. The van der Waals surface area contributed by atoms with Crippen LogP contribution in [0, 0.1) is 17.8 Å². The summed E-state index contributed by atoms with van der Waals surface area (Å²) in [5, 5.41) is 3.46. The summed E-state index contributed by atoms with van der Waals surface area (Å²) in [6.07, 6.45) is 2.91. The van der Waals surface area contributed by atoms with Crippen LogP contribution in [-0.2, 0) is 4.74 Å². The molecule has 1 aliphatic rings. The van der Waals surface area contributed by atoms with Gasteiger partial charge in [-0.05, 0) is 37.1 Å². The Labute approximate surface area is 82.0 Å². The lowest BCUT2D eigenvalue weighted by Gasteiger charge is -2.20. The highest BCUT2D eigenvalue weighted by Gasteiger charge is 2.32. The molecule has 1 fully saturated rings. The van der Waals surface area contributed by atoms with Gasteiger partial charge in [0, 0.05) is 13.7 Å². The molecule has 1 saturated carbocycles. The average molecular weight is 185 g/mol. The van der Waals surface area contributed by atoms with Crippen molar-refractivity contribution in [1.29, 1.82) is 0 Å². The minimum Gasteiger partial charge on any atom is -0.383 e. The summed E-state index contributed by atoms with van der Waals surface area (Å²) in [6.45, 7) is 7.66. The monoisotopic (exact) mass is 185 g/mol. The van der Waals surface area contributed by atoms with Crippen LogP contribution in [0.4, 0.5) is 0 Å². The zero-order valence-corrected chi connectivity index (χ0v) is 9.18. The standard InChI is InChI=1S/C11H23NO/c1-9(2)11(10-4-5-10)8-12-6-7-13-3/h9-12H,4-8H2,1-3H3. The van der Waals surface area contributed by atoms with Crippen LogP contribution in [0.2, 0.25) is 0 Å². The van der Waals surface area contributed by atoms with Gasteiger partial charge in [-0.1, -0.05) is 13.8 Å². The van der Waals surface area contributed by atoms with E-state index >= 15 is 0 Å². The fourth-order valence-corrected chi connectivity index (χ4v) is 1.91. The molecule has 2 heteroatoms. The summed E-state index contributed by atoms with van der Waals surface area (Å²) >= 11 is 0. The van der Waals surface area contributed by atoms with E-state index in [-0.39, 0.29) is 0 Å². The second-order valence-corrected chi connectivity index (χ2v) is 4.44. The first-order valence-electron chi connectivity index (χ1n) is 5.45. The highest BCUT2D eigenvalue weighted by Crippen LogP contribution is 2.39. The van der Waals surface area contributed by atoms with Crippen molar-refractivity contribution < 1.29 is 4.74 Å². The molecule has 0 aromatic rings. The normalized spacial score (nSPS) is 19.4. The fraction of sp³-hybridized carbons (Fsp3) is 1.00. The van der Waals surface area contributed by atoms with E-state index < -0.39 is 0 Å². The van der Waals surface area contributed by atoms with Gasteiger partial charge in [-0.3, -0.25) is 0 Å². The van der Waals surface area contributed by atoms with Crippen molar-refractivity contribution >= 4 is 0 Å². The lowest BCUT2D eigenvalue weighted by molar-refractivity contribution is 0.194. The quantitative estimate of drug-likeness (QED) is 0.612. The Balaban J connectivity index is 2.08. The number of ether oxygens (including phenoxy) is 1. The maximum atomic E-state index is 5.00. The van der Waals surface area contributed by atoms with Gasteiger partial charge in [-0.2, -0.15) is 0 Å². The number of hydrogen-bond donors (Lipinski definition) is 1. The second-order valence-electron chi connectivity index (χ2n) is 4.44. The molecule has 0 aromatic heterocycles. The lowest BCUT2D eigenvalue weighted by Crippen LogP contribution is -2.29. The number of hydrogen-bond acceptors (Lipinski definition) is 2. The molecule has 0 radical (unpaired) electrons. The predicted octanol–water partition coefficient (Wildman–Crippen LogP) is 1.90. The molecular formula is C11H23NO. The van der Waals surface area contributed by atoms with Gasteiger partial charge in [0.05, 0.1) is 6.61 Å². The SMILES string of the molecule is COCCNCC(C(C)C)C1CC1. The Hall–Kier alpha value is -0.0800. The average Bonchev–Trinajstić information content (AvgIpc) is 2.87. The Morgan fingerprint density at radius 3 is 2.54 bits per heavy atom. The fourth-order valence-electron chi connectivity index (χ4n) is 1.91. The van der Waals surface area contributed by atoms with Gasteiger partial charge in [-0.15, -0.1) is 0 Å². The summed E-state index contributed by atoms with van der Waals surface area (Å²) in [6, 6.07) is 0. The molecule has 1 unspecified atom stereocenters. The zero-order chi connectivity index (χ0) is 9.68. The molecule has 0 heterocycles. The van der Waals surface area contributed by atoms with Crippen molar-refractivity contribution in [2.75, 3.05) is 26.8 Å². The molecule has 0 amide bonds. The van der Waals surface area contributed by atoms with E-state index in [2.05, 4.69) is 19.2 Å². The zero-order valence-electron chi connectivity index (χ0n) is 9.18. The number of nitrogens with one attached hydrogen (secondary N) is 1. The molecule has 0 aromatic carbocycles. The van der Waals surface area contributed by atoms with Gasteiger partial charge >= 0.3 is 0 Å². The van der Waals surface area contributed by atoms with Gasteiger partial charge in [0.15, 0.2) is 0 Å². The van der Waals surface area contributed by atoms with Gasteiger partial charge < -0.3 is 10.1 Å². The third-order valence-electron chi connectivity index (χ3n) is 2.95. The number of methoxy groups -OCH3 is 1. The van der Waals surface area contributed by atoms with Crippen LogP contribution in [-0.4, -0.2) is 26.8 Å². The van der Waals surface area contributed by atoms with E-state index in [4.69, 9.17) is 4.74 Å². The Morgan fingerprint density at radius 2 is 2.08 bits per heavy atom. The predicted molar refractivity (Wildman–Crippen MR) is 55.8 cm³/mol. The molecule has 1 rings (SSSR count). The maximum Gasteiger partial charge on any atom is 0.0587 e. The van der Waals surface area contributed by atoms with Crippen molar-refractivity contribution in [3.05, 3.63) is 0 Å². The third kappa shape index (κ3) is 4.10. The van der Waals surface area contributed by atoms with Crippen molar-refractivity contribution in [3.63, 3.8) is 0 Å². The highest BCUT2D eigenvalue weighted by molar-refractivity contribution is 4.84. The third-order valence-corrected chi connectivity index (χ3v) is 2.95. The highest BCUT2D eigenvalue weighted by atomic mass is 16.5. The smallest absolute Gasteiger partial charge is 0.0587 e. The summed E-state index contributed by atoms with van der Waals surface area (Å²) in [4.78, 5) is 0. The van der Waals surface area contributed by atoms with Gasteiger partial charge in [0.1, 0.15) is 0 Å². The molecular weight excluding hydrogens is 162 g/mol. The van der Waals surface area contributed by atoms with Crippen LogP contribution in [0.15, 0.2) is 0 Å². The van der Waals surface area contributed by atoms with Crippen LogP contribution < -0.4 is 5.32 Å². The van der Waals surface area contributed by atoms with E-state index in [9.17, 15) is 0 Å². The van der Waals surface area contributed by atoms with Crippen LogP contribution in [0.3, 0.4) is 0 Å². The maximum absolute atomic E-state index is 5.00. The first kappa shape index (κ1) is 11.0. The minimum atomic E-state index is 0.822. The van der Waals surface area contributed by atoms with E-state index in [0.717, 1.165) is 30.9 Å². The summed E-state index contributed by atoms with van der Waals surface area (Å²) in [5.74, 6) is 2.72.